The lowest BCUT2D eigenvalue weighted by Gasteiger charge is -2.32. The molecule has 82 valence electrons. The molecule has 0 aliphatic heterocycles. The van der Waals surface area contributed by atoms with Gasteiger partial charge in [-0.2, -0.15) is 0 Å². The monoisotopic (exact) mass is 205 g/mol. The summed E-state index contributed by atoms with van der Waals surface area (Å²) in [5.74, 6) is 0.343. The summed E-state index contributed by atoms with van der Waals surface area (Å²) in [6, 6.07) is 8.18. The summed E-state index contributed by atoms with van der Waals surface area (Å²) in [7, 11) is 2.16. The summed E-state index contributed by atoms with van der Waals surface area (Å²) in [6.07, 6.45) is 6.70. The lowest BCUT2D eigenvalue weighted by molar-refractivity contribution is 0.427. The molecule has 0 spiro atoms. The minimum atomic E-state index is 0.343. The first-order valence-electron chi connectivity index (χ1n) is 5.79. The first-order chi connectivity index (χ1) is 7.27. The molecular weight excluding hydrogens is 186 g/mol. The SMILES string of the molecule is CN(c1ccc(O)cc1)C1CCCCC1. The largest absolute Gasteiger partial charge is 0.508 e. The van der Waals surface area contributed by atoms with Crippen LogP contribution in [0.3, 0.4) is 0 Å². The van der Waals surface area contributed by atoms with Crippen molar-refractivity contribution in [1.29, 1.82) is 0 Å². The zero-order valence-corrected chi connectivity index (χ0v) is 9.32. The Morgan fingerprint density at radius 3 is 2.27 bits per heavy atom. The van der Waals surface area contributed by atoms with E-state index in [1.807, 2.05) is 12.1 Å². The first kappa shape index (κ1) is 10.3. The standard InChI is InChI=1S/C13H19NO/c1-14(11-5-3-2-4-6-11)12-7-9-13(15)10-8-12/h7-11,15H,2-6H2,1H3. The predicted molar refractivity (Wildman–Crippen MR) is 63.4 cm³/mol. The molecule has 1 aromatic carbocycles. The van der Waals surface area contributed by atoms with E-state index in [4.69, 9.17) is 0 Å². The van der Waals surface area contributed by atoms with E-state index in [0.29, 0.717) is 11.8 Å². The van der Waals surface area contributed by atoms with Crippen molar-refractivity contribution in [3.05, 3.63) is 24.3 Å². The van der Waals surface area contributed by atoms with Crippen molar-refractivity contribution >= 4 is 5.69 Å². The predicted octanol–water partition coefficient (Wildman–Crippen LogP) is 3.16. The van der Waals surface area contributed by atoms with Crippen LogP contribution in [0, 0.1) is 0 Å². The van der Waals surface area contributed by atoms with Gasteiger partial charge >= 0.3 is 0 Å². The second-order valence-corrected chi connectivity index (χ2v) is 4.42. The van der Waals surface area contributed by atoms with Crippen molar-refractivity contribution in [1.82, 2.24) is 0 Å². The van der Waals surface area contributed by atoms with Gasteiger partial charge in [0, 0.05) is 18.8 Å². The zero-order valence-electron chi connectivity index (χ0n) is 9.32. The van der Waals surface area contributed by atoms with Gasteiger partial charge in [-0.3, -0.25) is 0 Å². The fourth-order valence-electron chi connectivity index (χ4n) is 2.37. The maximum atomic E-state index is 9.23. The molecule has 0 amide bonds. The molecule has 0 bridgehead atoms. The van der Waals surface area contributed by atoms with Crippen LogP contribution in [0.1, 0.15) is 32.1 Å². The maximum Gasteiger partial charge on any atom is 0.115 e. The summed E-state index contributed by atoms with van der Waals surface area (Å²) in [5.41, 5.74) is 1.21. The Bertz CT molecular complexity index is 301. The van der Waals surface area contributed by atoms with Crippen LogP contribution in [0.15, 0.2) is 24.3 Å². The summed E-state index contributed by atoms with van der Waals surface area (Å²) in [4.78, 5) is 2.35. The highest BCUT2D eigenvalue weighted by molar-refractivity contribution is 5.48. The lowest BCUT2D eigenvalue weighted by atomic mass is 9.94. The molecule has 2 rings (SSSR count). The Morgan fingerprint density at radius 2 is 1.67 bits per heavy atom. The molecule has 1 N–H and O–H groups in total. The van der Waals surface area contributed by atoms with Gasteiger partial charge in [-0.1, -0.05) is 19.3 Å². The third kappa shape index (κ3) is 2.44. The molecule has 1 fully saturated rings. The number of rotatable bonds is 2. The minimum absolute atomic E-state index is 0.343. The minimum Gasteiger partial charge on any atom is -0.508 e. The van der Waals surface area contributed by atoms with Gasteiger partial charge in [0.05, 0.1) is 0 Å². The van der Waals surface area contributed by atoms with Crippen LogP contribution in [0.4, 0.5) is 5.69 Å². The number of phenols is 1. The second kappa shape index (κ2) is 4.56. The molecule has 0 heterocycles. The molecule has 1 aliphatic carbocycles. The third-order valence-electron chi connectivity index (χ3n) is 3.38. The molecule has 0 aromatic heterocycles. The number of benzene rings is 1. The van der Waals surface area contributed by atoms with E-state index in [0.717, 1.165) is 0 Å². The van der Waals surface area contributed by atoms with Crippen LogP contribution >= 0.6 is 0 Å². The van der Waals surface area contributed by atoms with E-state index in [9.17, 15) is 5.11 Å². The van der Waals surface area contributed by atoms with Crippen LogP contribution in [-0.4, -0.2) is 18.2 Å². The van der Waals surface area contributed by atoms with Crippen LogP contribution in [0.2, 0.25) is 0 Å². The van der Waals surface area contributed by atoms with Gasteiger partial charge in [0.25, 0.3) is 0 Å². The quantitative estimate of drug-likeness (QED) is 0.801. The average Bonchev–Trinajstić information content (AvgIpc) is 2.30. The summed E-state index contributed by atoms with van der Waals surface area (Å²) >= 11 is 0. The highest BCUT2D eigenvalue weighted by Crippen LogP contribution is 2.26. The van der Waals surface area contributed by atoms with E-state index in [1.54, 1.807) is 12.1 Å². The van der Waals surface area contributed by atoms with Gasteiger partial charge in [0.1, 0.15) is 5.75 Å². The molecule has 0 unspecified atom stereocenters. The zero-order chi connectivity index (χ0) is 10.7. The highest BCUT2D eigenvalue weighted by atomic mass is 16.3. The molecular formula is C13H19NO. The van der Waals surface area contributed by atoms with Crippen LogP contribution in [0.5, 0.6) is 5.75 Å². The Morgan fingerprint density at radius 1 is 1.07 bits per heavy atom. The molecule has 1 aromatic rings. The molecule has 2 nitrogen and oxygen atoms in total. The smallest absolute Gasteiger partial charge is 0.115 e. The Hall–Kier alpha value is -1.18. The maximum absolute atomic E-state index is 9.23. The van der Waals surface area contributed by atoms with Gasteiger partial charge in [-0.25, -0.2) is 0 Å². The van der Waals surface area contributed by atoms with E-state index in [2.05, 4.69) is 11.9 Å². The summed E-state index contributed by atoms with van der Waals surface area (Å²) in [5, 5.41) is 9.23. The number of hydrogen-bond donors (Lipinski definition) is 1. The second-order valence-electron chi connectivity index (χ2n) is 4.42. The topological polar surface area (TPSA) is 23.5 Å². The van der Waals surface area contributed by atoms with Crippen molar-refractivity contribution in [2.75, 3.05) is 11.9 Å². The Labute approximate surface area is 91.5 Å². The van der Waals surface area contributed by atoms with Crippen molar-refractivity contribution in [2.24, 2.45) is 0 Å². The molecule has 0 saturated heterocycles. The van der Waals surface area contributed by atoms with Crippen molar-refractivity contribution in [2.45, 2.75) is 38.1 Å². The van der Waals surface area contributed by atoms with Crippen molar-refractivity contribution in [3.8, 4) is 5.75 Å². The van der Waals surface area contributed by atoms with Crippen molar-refractivity contribution < 1.29 is 5.11 Å². The summed E-state index contributed by atoms with van der Waals surface area (Å²) < 4.78 is 0. The van der Waals surface area contributed by atoms with E-state index >= 15 is 0 Å². The highest BCUT2D eigenvalue weighted by Gasteiger charge is 2.17. The van der Waals surface area contributed by atoms with Gasteiger partial charge < -0.3 is 10.0 Å². The molecule has 0 atom stereocenters. The Kier molecular flexibility index (Phi) is 3.14. The van der Waals surface area contributed by atoms with Crippen LogP contribution in [0.25, 0.3) is 0 Å². The van der Waals surface area contributed by atoms with Crippen molar-refractivity contribution in [3.63, 3.8) is 0 Å². The van der Waals surface area contributed by atoms with Crippen LogP contribution < -0.4 is 4.90 Å². The van der Waals surface area contributed by atoms with Gasteiger partial charge in [-0.15, -0.1) is 0 Å². The molecule has 15 heavy (non-hydrogen) atoms. The van der Waals surface area contributed by atoms with E-state index < -0.39 is 0 Å². The summed E-state index contributed by atoms with van der Waals surface area (Å²) in [6.45, 7) is 0. The van der Waals surface area contributed by atoms with Gasteiger partial charge in [-0.05, 0) is 37.1 Å². The molecule has 0 radical (unpaired) electrons. The number of aromatic hydroxyl groups is 1. The van der Waals surface area contributed by atoms with Gasteiger partial charge in [0.2, 0.25) is 0 Å². The van der Waals surface area contributed by atoms with E-state index in [-0.39, 0.29) is 0 Å². The van der Waals surface area contributed by atoms with E-state index in [1.165, 1.54) is 37.8 Å². The fourth-order valence-corrected chi connectivity index (χ4v) is 2.37. The number of hydrogen-bond acceptors (Lipinski definition) is 2. The van der Waals surface area contributed by atoms with Gasteiger partial charge in [0.15, 0.2) is 0 Å². The molecule has 1 aliphatic rings. The normalized spacial score (nSPS) is 17.7. The average molecular weight is 205 g/mol. The number of phenolic OH excluding ortho intramolecular Hbond substituents is 1. The molecule has 1 saturated carbocycles. The molecule has 2 heteroatoms. The lowest BCUT2D eigenvalue weighted by Crippen LogP contribution is -2.33. The number of anilines is 1. The Balaban J connectivity index is 2.05. The van der Waals surface area contributed by atoms with Crippen LogP contribution in [-0.2, 0) is 0 Å². The number of nitrogens with zero attached hydrogens (tertiary/aromatic N) is 1. The fraction of sp³-hybridized carbons (Fsp3) is 0.538. The third-order valence-corrected chi connectivity index (χ3v) is 3.38. The first-order valence-corrected chi connectivity index (χ1v) is 5.79.